The van der Waals surface area contributed by atoms with Gasteiger partial charge in [0, 0.05) is 24.7 Å². The van der Waals surface area contributed by atoms with Gasteiger partial charge in [-0.15, -0.1) is 0 Å². The molecule has 0 amide bonds. The van der Waals surface area contributed by atoms with E-state index in [1.165, 1.54) is 12.8 Å². The first-order chi connectivity index (χ1) is 9.08. The topological polar surface area (TPSA) is 32.7 Å². The van der Waals surface area contributed by atoms with Crippen LogP contribution in [0, 0.1) is 0 Å². The summed E-state index contributed by atoms with van der Waals surface area (Å²) in [5.74, 6) is 0. The van der Waals surface area contributed by atoms with Crippen molar-refractivity contribution in [2.24, 2.45) is 0 Å². The first-order valence-corrected chi connectivity index (χ1v) is 7.67. The molecule has 1 fully saturated rings. The van der Waals surface area contributed by atoms with Crippen LogP contribution in [0.3, 0.4) is 0 Å². The lowest BCUT2D eigenvalue weighted by Gasteiger charge is -2.29. The molecule has 2 rings (SSSR count). The number of ether oxygens (including phenoxy) is 1. The first kappa shape index (κ1) is 14.8. The van der Waals surface area contributed by atoms with Gasteiger partial charge in [-0.05, 0) is 59.8 Å². The lowest BCUT2D eigenvalue weighted by atomic mass is 10.1. The van der Waals surface area contributed by atoms with Crippen molar-refractivity contribution in [3.8, 4) is 0 Å². The van der Waals surface area contributed by atoms with Crippen LogP contribution in [0.25, 0.3) is 0 Å². The zero-order valence-electron chi connectivity index (χ0n) is 11.6. The zero-order valence-corrected chi connectivity index (χ0v) is 13.2. The Morgan fingerprint density at radius 2 is 2.26 bits per heavy atom. The van der Waals surface area contributed by atoms with Crippen molar-refractivity contribution in [3.05, 3.63) is 28.2 Å². The summed E-state index contributed by atoms with van der Waals surface area (Å²) in [5, 5.41) is 9.58. The van der Waals surface area contributed by atoms with E-state index in [9.17, 15) is 5.11 Å². The molecule has 1 aliphatic heterocycles. The van der Waals surface area contributed by atoms with Crippen molar-refractivity contribution in [1.29, 1.82) is 0 Å². The maximum Gasteiger partial charge on any atom is 0.0762 e. The van der Waals surface area contributed by atoms with Crippen LogP contribution in [0.1, 0.15) is 37.9 Å². The van der Waals surface area contributed by atoms with Gasteiger partial charge in [-0.25, -0.2) is 0 Å². The summed E-state index contributed by atoms with van der Waals surface area (Å²) in [5.41, 5.74) is 2.07. The minimum Gasteiger partial charge on any atom is -0.389 e. The summed E-state index contributed by atoms with van der Waals surface area (Å²) < 4.78 is 6.79. The molecule has 1 unspecified atom stereocenters. The highest BCUT2D eigenvalue weighted by Crippen LogP contribution is 2.29. The van der Waals surface area contributed by atoms with E-state index in [1.807, 2.05) is 12.1 Å². The van der Waals surface area contributed by atoms with Crippen LogP contribution in [0.4, 0.5) is 5.69 Å². The molecule has 0 aliphatic carbocycles. The summed E-state index contributed by atoms with van der Waals surface area (Å²) in [4.78, 5) is 2.21. The van der Waals surface area contributed by atoms with Gasteiger partial charge in [0.1, 0.15) is 0 Å². The van der Waals surface area contributed by atoms with E-state index in [-0.39, 0.29) is 0 Å². The summed E-state index contributed by atoms with van der Waals surface area (Å²) in [6, 6.07) is 6.01. The number of halogens is 1. The standard InChI is InChI=1S/C15H22BrNO2/c1-11(18)12-6-7-15(14(16)9-12)17(2)10-13-5-3-4-8-19-13/h6-7,9,11,13,18H,3-5,8,10H2,1-2H3/t11-,13?/m1/s1. The monoisotopic (exact) mass is 327 g/mol. The number of nitrogens with zero attached hydrogens (tertiary/aromatic N) is 1. The Labute approximate surface area is 123 Å². The van der Waals surface area contributed by atoms with Gasteiger partial charge in [-0.2, -0.15) is 0 Å². The Kier molecular flexibility index (Phi) is 5.25. The summed E-state index contributed by atoms with van der Waals surface area (Å²) in [6.45, 7) is 3.58. The van der Waals surface area contributed by atoms with Crippen molar-refractivity contribution in [2.45, 2.75) is 38.4 Å². The highest BCUT2D eigenvalue weighted by Gasteiger charge is 2.17. The van der Waals surface area contributed by atoms with Crippen LogP contribution in [0.15, 0.2) is 22.7 Å². The summed E-state index contributed by atoms with van der Waals surface area (Å²) >= 11 is 3.59. The molecule has 1 N–H and O–H groups in total. The average Bonchev–Trinajstić information content (AvgIpc) is 2.39. The number of benzene rings is 1. The van der Waals surface area contributed by atoms with Crippen LogP contribution in [0.2, 0.25) is 0 Å². The smallest absolute Gasteiger partial charge is 0.0762 e. The number of hydrogen-bond acceptors (Lipinski definition) is 3. The molecule has 2 atom stereocenters. The highest BCUT2D eigenvalue weighted by atomic mass is 79.9. The fraction of sp³-hybridized carbons (Fsp3) is 0.600. The molecule has 1 saturated heterocycles. The summed E-state index contributed by atoms with van der Waals surface area (Å²) in [6.07, 6.45) is 3.50. The van der Waals surface area contributed by atoms with Gasteiger partial charge >= 0.3 is 0 Å². The Balaban J connectivity index is 2.03. The molecule has 19 heavy (non-hydrogen) atoms. The van der Waals surface area contributed by atoms with Gasteiger partial charge in [0.25, 0.3) is 0 Å². The van der Waals surface area contributed by atoms with Crippen LogP contribution < -0.4 is 4.90 Å². The second-order valence-corrected chi connectivity index (χ2v) is 6.11. The average molecular weight is 328 g/mol. The van der Waals surface area contributed by atoms with Crippen molar-refractivity contribution in [2.75, 3.05) is 25.1 Å². The molecular formula is C15H22BrNO2. The van der Waals surface area contributed by atoms with Crippen molar-refractivity contribution >= 4 is 21.6 Å². The predicted molar refractivity (Wildman–Crippen MR) is 81.6 cm³/mol. The van der Waals surface area contributed by atoms with Gasteiger partial charge in [0.05, 0.1) is 17.9 Å². The minimum atomic E-state index is -0.433. The molecule has 106 valence electrons. The van der Waals surface area contributed by atoms with Crippen LogP contribution in [-0.4, -0.2) is 31.4 Å². The Morgan fingerprint density at radius 3 is 2.84 bits per heavy atom. The molecule has 0 spiro atoms. The Bertz CT molecular complexity index is 417. The molecule has 0 saturated carbocycles. The molecule has 0 bridgehead atoms. The second kappa shape index (κ2) is 6.73. The van der Waals surface area contributed by atoms with Gasteiger partial charge in [0.2, 0.25) is 0 Å². The van der Waals surface area contributed by atoms with Crippen LogP contribution in [0.5, 0.6) is 0 Å². The van der Waals surface area contributed by atoms with Crippen molar-refractivity contribution in [3.63, 3.8) is 0 Å². The van der Waals surface area contributed by atoms with Gasteiger partial charge in [-0.1, -0.05) is 6.07 Å². The predicted octanol–water partition coefficient (Wildman–Crippen LogP) is 3.51. The maximum absolute atomic E-state index is 9.58. The molecule has 3 nitrogen and oxygen atoms in total. The number of likely N-dealkylation sites (N-methyl/N-ethyl adjacent to an activating group) is 1. The number of aliphatic hydroxyl groups is 1. The quantitative estimate of drug-likeness (QED) is 0.918. The molecule has 1 heterocycles. The molecule has 4 heteroatoms. The normalized spacial score (nSPS) is 21.2. The van der Waals surface area contributed by atoms with E-state index < -0.39 is 6.10 Å². The molecule has 0 radical (unpaired) electrons. The fourth-order valence-corrected chi connectivity index (χ4v) is 3.15. The van der Waals surface area contributed by atoms with E-state index >= 15 is 0 Å². The molecule has 0 aromatic heterocycles. The second-order valence-electron chi connectivity index (χ2n) is 5.26. The third-order valence-corrected chi connectivity index (χ3v) is 4.25. The van der Waals surface area contributed by atoms with E-state index in [4.69, 9.17) is 4.74 Å². The van der Waals surface area contributed by atoms with Gasteiger partial charge < -0.3 is 14.7 Å². The number of anilines is 1. The van der Waals surface area contributed by atoms with Crippen molar-refractivity contribution < 1.29 is 9.84 Å². The zero-order chi connectivity index (χ0) is 13.8. The minimum absolute atomic E-state index is 0.335. The SMILES string of the molecule is C[C@@H](O)c1ccc(N(C)CC2CCCCO2)c(Br)c1. The first-order valence-electron chi connectivity index (χ1n) is 6.88. The van der Waals surface area contributed by atoms with E-state index in [1.54, 1.807) is 6.92 Å². The van der Waals surface area contributed by atoms with Gasteiger partial charge in [-0.3, -0.25) is 0 Å². The van der Waals surface area contributed by atoms with Gasteiger partial charge in [0.15, 0.2) is 0 Å². The molecule has 1 aromatic carbocycles. The lowest BCUT2D eigenvalue weighted by Crippen LogP contribution is -2.33. The molecular weight excluding hydrogens is 306 g/mol. The number of hydrogen-bond donors (Lipinski definition) is 1. The third kappa shape index (κ3) is 3.94. The molecule has 1 aromatic rings. The number of rotatable bonds is 4. The highest BCUT2D eigenvalue weighted by molar-refractivity contribution is 9.10. The summed E-state index contributed by atoms with van der Waals surface area (Å²) in [7, 11) is 2.08. The Morgan fingerprint density at radius 1 is 1.47 bits per heavy atom. The van der Waals surface area contributed by atoms with Crippen LogP contribution >= 0.6 is 15.9 Å². The van der Waals surface area contributed by atoms with E-state index in [0.717, 1.165) is 35.3 Å². The fourth-order valence-electron chi connectivity index (χ4n) is 2.45. The molecule has 1 aliphatic rings. The van der Waals surface area contributed by atoms with E-state index in [2.05, 4.69) is 33.9 Å². The third-order valence-electron chi connectivity index (χ3n) is 3.62. The maximum atomic E-state index is 9.58. The lowest BCUT2D eigenvalue weighted by molar-refractivity contribution is 0.0216. The Hall–Kier alpha value is -0.580. The number of aliphatic hydroxyl groups excluding tert-OH is 1. The van der Waals surface area contributed by atoms with Crippen molar-refractivity contribution in [1.82, 2.24) is 0 Å². The van der Waals surface area contributed by atoms with E-state index in [0.29, 0.717) is 6.10 Å². The largest absolute Gasteiger partial charge is 0.389 e. The van der Waals surface area contributed by atoms with Crippen LogP contribution in [-0.2, 0) is 4.74 Å².